The summed E-state index contributed by atoms with van der Waals surface area (Å²) in [5, 5.41) is 6.00. The average Bonchev–Trinajstić information content (AvgIpc) is 3.22. The molecule has 0 atom stereocenters. The van der Waals surface area contributed by atoms with Gasteiger partial charge in [0.25, 0.3) is 5.91 Å². The highest BCUT2D eigenvalue weighted by molar-refractivity contribution is 7.89. The molecule has 3 rings (SSSR count). The molecule has 0 spiro atoms. The van der Waals surface area contributed by atoms with Crippen molar-refractivity contribution in [3.63, 3.8) is 0 Å². The molecule has 0 saturated carbocycles. The Morgan fingerprint density at radius 3 is 2.57 bits per heavy atom. The van der Waals surface area contributed by atoms with E-state index in [2.05, 4.69) is 24.5 Å². The Balaban J connectivity index is 1.91. The van der Waals surface area contributed by atoms with Gasteiger partial charge in [0.05, 0.1) is 35.7 Å². The number of morpholine rings is 1. The summed E-state index contributed by atoms with van der Waals surface area (Å²) in [5.74, 6) is 0.0835. The quantitative estimate of drug-likeness (QED) is 0.732. The second-order valence-electron chi connectivity index (χ2n) is 6.93. The van der Waals surface area contributed by atoms with Crippen LogP contribution in [0.25, 0.3) is 0 Å². The van der Waals surface area contributed by atoms with Gasteiger partial charge in [-0.25, -0.2) is 8.42 Å². The van der Waals surface area contributed by atoms with Gasteiger partial charge < -0.3 is 19.8 Å². The Morgan fingerprint density at radius 2 is 1.93 bits per heavy atom. The SMILES string of the molecule is CC(C)CNc1ccc(S(=O)(=O)N2CCOCC2)cc1NC(=O)c1ccco1. The van der Waals surface area contributed by atoms with Gasteiger partial charge >= 0.3 is 0 Å². The first-order chi connectivity index (χ1) is 13.4. The van der Waals surface area contributed by atoms with Crippen LogP contribution in [0.5, 0.6) is 0 Å². The normalized spacial score (nSPS) is 15.5. The fourth-order valence-electron chi connectivity index (χ4n) is 2.78. The van der Waals surface area contributed by atoms with Crippen LogP contribution in [0.4, 0.5) is 11.4 Å². The smallest absolute Gasteiger partial charge is 0.291 e. The molecule has 1 aromatic heterocycles. The van der Waals surface area contributed by atoms with E-state index in [1.165, 1.54) is 16.6 Å². The molecule has 1 aliphatic heterocycles. The van der Waals surface area contributed by atoms with Gasteiger partial charge in [-0.3, -0.25) is 4.79 Å². The molecule has 152 valence electrons. The number of rotatable bonds is 7. The third-order valence-corrected chi connectivity index (χ3v) is 6.19. The molecule has 0 bridgehead atoms. The number of nitrogens with zero attached hydrogens (tertiary/aromatic N) is 1. The Bertz CT molecular complexity index is 904. The predicted molar refractivity (Wildman–Crippen MR) is 106 cm³/mol. The minimum Gasteiger partial charge on any atom is -0.459 e. The van der Waals surface area contributed by atoms with Crippen molar-refractivity contribution < 1.29 is 22.4 Å². The molecule has 2 N–H and O–H groups in total. The molecule has 0 aliphatic carbocycles. The van der Waals surface area contributed by atoms with Crippen molar-refractivity contribution in [1.82, 2.24) is 4.31 Å². The number of amides is 1. The number of nitrogens with one attached hydrogen (secondary N) is 2. The summed E-state index contributed by atoms with van der Waals surface area (Å²) in [6.07, 6.45) is 1.41. The van der Waals surface area contributed by atoms with Crippen LogP contribution in [-0.4, -0.2) is 51.5 Å². The third kappa shape index (κ3) is 4.73. The zero-order chi connectivity index (χ0) is 20.1. The number of ether oxygens (including phenoxy) is 1. The molecular weight excluding hydrogens is 382 g/mol. The minimum absolute atomic E-state index is 0.124. The number of hydrogen-bond acceptors (Lipinski definition) is 6. The van der Waals surface area contributed by atoms with Gasteiger partial charge in [0.1, 0.15) is 0 Å². The van der Waals surface area contributed by atoms with Gasteiger partial charge in [-0.1, -0.05) is 13.8 Å². The van der Waals surface area contributed by atoms with Crippen LogP contribution in [0, 0.1) is 5.92 Å². The molecule has 9 heteroatoms. The molecule has 28 heavy (non-hydrogen) atoms. The number of benzene rings is 1. The maximum atomic E-state index is 13.0. The van der Waals surface area contributed by atoms with Crippen molar-refractivity contribution in [2.45, 2.75) is 18.7 Å². The molecule has 0 unspecified atom stereocenters. The lowest BCUT2D eigenvalue weighted by atomic mass is 10.2. The van der Waals surface area contributed by atoms with E-state index in [0.29, 0.717) is 50.1 Å². The molecular formula is C19H25N3O5S. The monoisotopic (exact) mass is 407 g/mol. The number of furan rings is 1. The van der Waals surface area contributed by atoms with E-state index >= 15 is 0 Å². The Labute approximate surface area is 164 Å². The summed E-state index contributed by atoms with van der Waals surface area (Å²) in [4.78, 5) is 12.5. The highest BCUT2D eigenvalue weighted by Gasteiger charge is 2.27. The highest BCUT2D eigenvalue weighted by Crippen LogP contribution is 2.28. The van der Waals surface area contributed by atoms with E-state index in [1.54, 1.807) is 24.3 Å². The van der Waals surface area contributed by atoms with Gasteiger partial charge in [-0.15, -0.1) is 0 Å². The molecule has 1 amide bonds. The number of hydrogen-bond donors (Lipinski definition) is 2. The van der Waals surface area contributed by atoms with Crippen molar-refractivity contribution in [1.29, 1.82) is 0 Å². The zero-order valence-corrected chi connectivity index (χ0v) is 16.8. The van der Waals surface area contributed by atoms with Crippen molar-refractivity contribution in [2.24, 2.45) is 5.92 Å². The van der Waals surface area contributed by atoms with Crippen molar-refractivity contribution in [3.05, 3.63) is 42.4 Å². The largest absolute Gasteiger partial charge is 0.459 e. The van der Waals surface area contributed by atoms with E-state index in [9.17, 15) is 13.2 Å². The Kier molecular flexibility index (Phi) is 6.38. The molecule has 1 aliphatic rings. The molecule has 1 fully saturated rings. The van der Waals surface area contributed by atoms with Crippen molar-refractivity contribution in [3.8, 4) is 0 Å². The predicted octanol–water partition coefficient (Wildman–Crippen LogP) is 2.62. The van der Waals surface area contributed by atoms with E-state index in [1.807, 2.05) is 0 Å². The first kappa shape index (κ1) is 20.4. The Hall–Kier alpha value is -2.36. The van der Waals surface area contributed by atoms with Gasteiger partial charge in [-0.05, 0) is 36.2 Å². The highest BCUT2D eigenvalue weighted by atomic mass is 32.2. The minimum atomic E-state index is -3.67. The fraction of sp³-hybridized carbons (Fsp3) is 0.421. The maximum absolute atomic E-state index is 13.0. The summed E-state index contributed by atoms with van der Waals surface area (Å²) >= 11 is 0. The average molecular weight is 407 g/mol. The molecule has 8 nitrogen and oxygen atoms in total. The molecule has 2 aromatic rings. The molecule has 0 radical (unpaired) electrons. The van der Waals surface area contributed by atoms with Crippen LogP contribution >= 0.6 is 0 Å². The standard InChI is InChI=1S/C19H25N3O5S/c1-14(2)13-20-16-6-5-15(28(24,25)22-7-10-26-11-8-22)12-17(16)21-19(23)18-4-3-9-27-18/h3-6,9,12,14,20H,7-8,10-11,13H2,1-2H3,(H,21,23). The van der Waals surface area contributed by atoms with Crippen LogP contribution in [0.15, 0.2) is 45.9 Å². The van der Waals surface area contributed by atoms with Gasteiger partial charge in [0.15, 0.2) is 5.76 Å². The number of carbonyl (C=O) groups excluding carboxylic acids is 1. The summed E-state index contributed by atoms with van der Waals surface area (Å²) < 4.78 is 37.7. The number of carbonyl (C=O) groups is 1. The summed E-state index contributed by atoms with van der Waals surface area (Å²) in [6.45, 7) is 6.16. The second-order valence-corrected chi connectivity index (χ2v) is 8.87. The molecule has 1 saturated heterocycles. The van der Waals surface area contributed by atoms with Crippen LogP contribution < -0.4 is 10.6 Å². The van der Waals surface area contributed by atoms with Crippen LogP contribution in [-0.2, 0) is 14.8 Å². The summed E-state index contributed by atoms with van der Waals surface area (Å²) in [5.41, 5.74) is 1.03. The third-order valence-electron chi connectivity index (χ3n) is 4.29. The maximum Gasteiger partial charge on any atom is 0.291 e. The second kappa shape index (κ2) is 8.76. The molecule has 2 heterocycles. The first-order valence-corrected chi connectivity index (χ1v) is 10.6. The fourth-order valence-corrected chi connectivity index (χ4v) is 4.22. The van der Waals surface area contributed by atoms with Crippen LogP contribution in [0.3, 0.4) is 0 Å². The number of anilines is 2. The number of sulfonamides is 1. The van der Waals surface area contributed by atoms with Gasteiger partial charge in [0.2, 0.25) is 10.0 Å². The van der Waals surface area contributed by atoms with Crippen molar-refractivity contribution >= 4 is 27.3 Å². The van der Waals surface area contributed by atoms with Crippen molar-refractivity contribution in [2.75, 3.05) is 43.5 Å². The van der Waals surface area contributed by atoms with E-state index in [0.717, 1.165) is 0 Å². The van der Waals surface area contributed by atoms with Gasteiger partial charge in [0, 0.05) is 19.6 Å². The van der Waals surface area contributed by atoms with E-state index in [-0.39, 0.29) is 10.7 Å². The van der Waals surface area contributed by atoms with Gasteiger partial charge in [-0.2, -0.15) is 4.31 Å². The Morgan fingerprint density at radius 1 is 1.18 bits per heavy atom. The van der Waals surface area contributed by atoms with Crippen LogP contribution in [0.1, 0.15) is 24.4 Å². The zero-order valence-electron chi connectivity index (χ0n) is 16.0. The lowest BCUT2D eigenvalue weighted by Crippen LogP contribution is -2.40. The molecule has 1 aromatic carbocycles. The first-order valence-electron chi connectivity index (χ1n) is 9.18. The lowest BCUT2D eigenvalue weighted by molar-refractivity contribution is 0.0730. The van der Waals surface area contributed by atoms with E-state index < -0.39 is 15.9 Å². The lowest BCUT2D eigenvalue weighted by Gasteiger charge is -2.26. The van der Waals surface area contributed by atoms with E-state index in [4.69, 9.17) is 9.15 Å². The summed E-state index contributed by atoms with van der Waals surface area (Å²) in [7, 11) is -3.67. The topological polar surface area (TPSA) is 101 Å². The van der Waals surface area contributed by atoms with Crippen LogP contribution in [0.2, 0.25) is 0 Å². The summed E-state index contributed by atoms with van der Waals surface area (Å²) in [6, 6.07) is 7.87.